The summed E-state index contributed by atoms with van der Waals surface area (Å²) in [5, 5.41) is 2.96. The van der Waals surface area contributed by atoms with Crippen molar-refractivity contribution in [3.63, 3.8) is 0 Å². The number of hydrogen-bond donors (Lipinski definition) is 2. The SMILES string of the molecule is CN(C)S(=O)(=O)c1ccc2c(c1)nc(CCC(=O)Nc1ccc3nc(C4CCC4)[nH]c3c1)n2C. The van der Waals surface area contributed by atoms with Crippen LogP contribution in [-0.4, -0.2) is 52.2 Å². The molecule has 9 nitrogen and oxygen atoms in total. The summed E-state index contributed by atoms with van der Waals surface area (Å²) in [5.74, 6) is 2.17. The van der Waals surface area contributed by atoms with Crippen molar-refractivity contribution in [3.05, 3.63) is 48.0 Å². The summed E-state index contributed by atoms with van der Waals surface area (Å²) >= 11 is 0. The van der Waals surface area contributed by atoms with Gasteiger partial charge in [0.25, 0.3) is 0 Å². The molecule has 2 heterocycles. The lowest BCUT2D eigenvalue weighted by atomic mass is 9.85. The predicted octanol–water partition coefficient (Wildman–Crippen LogP) is 3.54. The van der Waals surface area contributed by atoms with Gasteiger partial charge in [-0.1, -0.05) is 6.42 Å². The molecule has 0 unspecified atom stereocenters. The molecule has 4 aromatic rings. The summed E-state index contributed by atoms with van der Waals surface area (Å²) in [6.07, 6.45) is 4.31. The highest BCUT2D eigenvalue weighted by molar-refractivity contribution is 7.89. The molecule has 0 aliphatic heterocycles. The molecular weight excluding hydrogens is 452 g/mol. The van der Waals surface area contributed by atoms with Crippen LogP contribution < -0.4 is 5.32 Å². The van der Waals surface area contributed by atoms with Crippen LogP contribution in [-0.2, 0) is 28.3 Å². The Balaban J connectivity index is 1.27. The number of amides is 1. The molecule has 0 bridgehead atoms. The van der Waals surface area contributed by atoms with E-state index in [1.807, 2.05) is 29.8 Å². The molecule has 2 aromatic carbocycles. The number of hydrogen-bond acceptors (Lipinski definition) is 5. The van der Waals surface area contributed by atoms with E-state index in [4.69, 9.17) is 0 Å². The maximum Gasteiger partial charge on any atom is 0.242 e. The van der Waals surface area contributed by atoms with Crippen LogP contribution in [0, 0.1) is 0 Å². The molecule has 1 aliphatic rings. The Hall–Kier alpha value is -3.24. The number of aromatic amines is 1. The second-order valence-electron chi connectivity index (χ2n) is 9.05. The van der Waals surface area contributed by atoms with Gasteiger partial charge in [-0.25, -0.2) is 22.7 Å². The Morgan fingerprint density at radius 3 is 2.65 bits per heavy atom. The topological polar surface area (TPSA) is 113 Å². The molecule has 0 atom stereocenters. The summed E-state index contributed by atoms with van der Waals surface area (Å²) in [6.45, 7) is 0. The molecule has 1 aliphatic carbocycles. The molecule has 178 valence electrons. The Morgan fingerprint density at radius 2 is 1.94 bits per heavy atom. The summed E-state index contributed by atoms with van der Waals surface area (Å²) in [6, 6.07) is 10.6. The molecule has 2 N–H and O–H groups in total. The Bertz CT molecular complexity index is 1500. The number of anilines is 1. The number of rotatable bonds is 7. The number of carbonyl (C=O) groups excluding carboxylic acids is 1. The van der Waals surface area contributed by atoms with Crippen molar-refractivity contribution < 1.29 is 13.2 Å². The largest absolute Gasteiger partial charge is 0.342 e. The fourth-order valence-electron chi connectivity index (χ4n) is 4.26. The smallest absolute Gasteiger partial charge is 0.242 e. The summed E-state index contributed by atoms with van der Waals surface area (Å²) < 4.78 is 27.9. The van der Waals surface area contributed by atoms with Gasteiger partial charge in [0.15, 0.2) is 0 Å². The van der Waals surface area contributed by atoms with Crippen LogP contribution >= 0.6 is 0 Å². The zero-order chi connectivity index (χ0) is 24.0. The monoisotopic (exact) mass is 480 g/mol. The van der Waals surface area contributed by atoms with E-state index in [9.17, 15) is 13.2 Å². The van der Waals surface area contributed by atoms with E-state index in [-0.39, 0.29) is 17.2 Å². The van der Waals surface area contributed by atoms with Crippen LogP contribution in [0.15, 0.2) is 41.3 Å². The fraction of sp³-hybridized carbons (Fsp3) is 0.375. The van der Waals surface area contributed by atoms with Crippen LogP contribution in [0.3, 0.4) is 0 Å². The minimum Gasteiger partial charge on any atom is -0.342 e. The van der Waals surface area contributed by atoms with Gasteiger partial charge in [-0.3, -0.25) is 4.79 Å². The third kappa shape index (κ3) is 4.07. The summed E-state index contributed by atoms with van der Waals surface area (Å²) in [7, 11) is 1.33. The lowest BCUT2D eigenvalue weighted by molar-refractivity contribution is -0.116. The van der Waals surface area contributed by atoms with Crippen molar-refractivity contribution >= 4 is 43.7 Å². The Morgan fingerprint density at radius 1 is 1.15 bits per heavy atom. The van der Waals surface area contributed by atoms with E-state index in [0.717, 1.165) is 33.9 Å². The molecule has 34 heavy (non-hydrogen) atoms. The van der Waals surface area contributed by atoms with Gasteiger partial charge in [0.05, 0.1) is 27.0 Å². The van der Waals surface area contributed by atoms with Crippen LogP contribution in [0.1, 0.15) is 43.3 Å². The highest BCUT2D eigenvalue weighted by Crippen LogP contribution is 2.35. The van der Waals surface area contributed by atoms with Crippen LogP contribution in [0.5, 0.6) is 0 Å². The molecule has 0 radical (unpaired) electrons. The van der Waals surface area contributed by atoms with Gasteiger partial charge in [0.2, 0.25) is 15.9 Å². The van der Waals surface area contributed by atoms with E-state index < -0.39 is 10.0 Å². The molecule has 10 heteroatoms. The predicted molar refractivity (Wildman–Crippen MR) is 131 cm³/mol. The minimum absolute atomic E-state index is 0.110. The van der Waals surface area contributed by atoms with E-state index in [2.05, 4.69) is 20.3 Å². The number of sulfonamides is 1. The number of fused-ring (bicyclic) bond motifs is 2. The quantitative estimate of drug-likeness (QED) is 0.420. The number of carbonyl (C=O) groups is 1. The normalized spacial score (nSPS) is 14.7. The first-order valence-electron chi connectivity index (χ1n) is 11.4. The number of aromatic nitrogens is 4. The van der Waals surface area contributed by atoms with Gasteiger partial charge < -0.3 is 14.9 Å². The Kier molecular flexibility index (Phi) is 5.65. The van der Waals surface area contributed by atoms with Crippen LogP contribution in [0.4, 0.5) is 5.69 Å². The van der Waals surface area contributed by atoms with E-state index >= 15 is 0 Å². The van der Waals surface area contributed by atoms with E-state index in [0.29, 0.717) is 17.9 Å². The number of imidazole rings is 2. The second-order valence-corrected chi connectivity index (χ2v) is 11.2. The lowest BCUT2D eigenvalue weighted by Gasteiger charge is -2.22. The number of nitrogens with zero attached hydrogens (tertiary/aromatic N) is 4. The molecule has 2 aromatic heterocycles. The first-order valence-corrected chi connectivity index (χ1v) is 12.8. The molecular formula is C24H28N6O3S. The lowest BCUT2D eigenvalue weighted by Crippen LogP contribution is -2.22. The number of nitrogens with one attached hydrogen (secondary N) is 2. The highest BCUT2D eigenvalue weighted by atomic mass is 32.2. The van der Waals surface area contributed by atoms with Gasteiger partial charge in [-0.2, -0.15) is 0 Å². The standard InChI is InChI=1S/C24H28N6O3S/c1-29(2)34(32,33)17-8-10-21-20(14-17)26-22(30(21)3)11-12-23(31)25-16-7-9-18-19(13-16)28-24(27-18)15-5-4-6-15/h7-10,13-15H,4-6,11-12H2,1-3H3,(H,25,31)(H,27,28). The zero-order valence-corrected chi connectivity index (χ0v) is 20.3. The molecule has 5 rings (SSSR count). The zero-order valence-electron chi connectivity index (χ0n) is 19.5. The van der Waals surface area contributed by atoms with Gasteiger partial charge in [-0.05, 0) is 49.2 Å². The average molecular weight is 481 g/mol. The minimum atomic E-state index is -3.54. The summed E-state index contributed by atoms with van der Waals surface area (Å²) in [4.78, 5) is 25.5. The van der Waals surface area contributed by atoms with E-state index in [1.54, 1.807) is 18.2 Å². The van der Waals surface area contributed by atoms with Crippen molar-refractivity contribution in [3.8, 4) is 0 Å². The maximum atomic E-state index is 12.6. The number of benzene rings is 2. The molecule has 0 spiro atoms. The van der Waals surface area contributed by atoms with Crippen molar-refractivity contribution in [2.75, 3.05) is 19.4 Å². The van der Waals surface area contributed by atoms with Gasteiger partial charge in [0, 0.05) is 45.6 Å². The van der Waals surface area contributed by atoms with Crippen molar-refractivity contribution in [2.24, 2.45) is 7.05 Å². The van der Waals surface area contributed by atoms with Gasteiger partial charge in [-0.15, -0.1) is 0 Å². The van der Waals surface area contributed by atoms with Gasteiger partial charge in [0.1, 0.15) is 11.6 Å². The first kappa shape index (κ1) is 22.5. The molecule has 0 saturated heterocycles. The molecule has 1 fully saturated rings. The Labute approximate surface area is 198 Å². The first-order chi connectivity index (χ1) is 16.2. The van der Waals surface area contributed by atoms with Crippen molar-refractivity contribution in [2.45, 2.75) is 42.9 Å². The van der Waals surface area contributed by atoms with E-state index in [1.165, 1.54) is 37.7 Å². The van der Waals surface area contributed by atoms with Crippen LogP contribution in [0.2, 0.25) is 0 Å². The molecule has 1 saturated carbocycles. The highest BCUT2D eigenvalue weighted by Gasteiger charge is 2.23. The molecule has 1 amide bonds. The summed E-state index contributed by atoms with van der Waals surface area (Å²) in [5.41, 5.74) is 3.98. The number of aryl methyl sites for hydroxylation is 2. The van der Waals surface area contributed by atoms with Crippen molar-refractivity contribution in [1.29, 1.82) is 0 Å². The van der Waals surface area contributed by atoms with Crippen LogP contribution in [0.25, 0.3) is 22.1 Å². The second kappa shape index (κ2) is 8.52. The number of H-pyrrole nitrogens is 1. The maximum absolute atomic E-state index is 12.6. The third-order valence-electron chi connectivity index (χ3n) is 6.57. The fourth-order valence-corrected chi connectivity index (χ4v) is 5.18. The van der Waals surface area contributed by atoms with Gasteiger partial charge >= 0.3 is 0 Å². The average Bonchev–Trinajstić information content (AvgIpc) is 3.30. The third-order valence-corrected chi connectivity index (χ3v) is 8.39. The van der Waals surface area contributed by atoms with Crippen molar-refractivity contribution in [1.82, 2.24) is 23.8 Å².